The molecule has 1 saturated heterocycles. The predicted molar refractivity (Wildman–Crippen MR) is 69.6 cm³/mol. The summed E-state index contributed by atoms with van der Waals surface area (Å²) in [6, 6.07) is 3.90. The topological polar surface area (TPSA) is 67.3 Å². The number of hydrogen-bond donors (Lipinski definition) is 1. The summed E-state index contributed by atoms with van der Waals surface area (Å²) in [7, 11) is 0. The van der Waals surface area contributed by atoms with Gasteiger partial charge in [-0.05, 0) is 26.0 Å². The van der Waals surface area contributed by atoms with Crippen molar-refractivity contribution >= 4 is 0 Å². The van der Waals surface area contributed by atoms with Gasteiger partial charge in [-0.1, -0.05) is 5.16 Å². The second-order valence-electron chi connectivity index (χ2n) is 4.83. The molecule has 0 radical (unpaired) electrons. The lowest BCUT2D eigenvalue weighted by Gasteiger charge is -2.30. The molecule has 1 fully saturated rings. The van der Waals surface area contributed by atoms with E-state index in [4.69, 9.17) is 8.94 Å². The van der Waals surface area contributed by atoms with E-state index in [9.17, 15) is 0 Å². The maximum Gasteiger partial charge on any atom is 0.293 e. The molecule has 0 bridgehead atoms. The highest BCUT2D eigenvalue weighted by atomic mass is 16.5. The highest BCUT2D eigenvalue weighted by Gasteiger charge is 2.23. The summed E-state index contributed by atoms with van der Waals surface area (Å²) in [5, 5.41) is 7.40. The third-order valence-corrected chi connectivity index (χ3v) is 3.47. The van der Waals surface area contributed by atoms with Crippen LogP contribution < -0.4 is 5.32 Å². The van der Waals surface area contributed by atoms with E-state index in [2.05, 4.69) is 27.3 Å². The Morgan fingerprint density at radius 1 is 1.32 bits per heavy atom. The molecule has 2 aromatic rings. The minimum atomic E-state index is 0.163. The lowest BCUT2D eigenvalue weighted by molar-refractivity contribution is 0.176. The average molecular weight is 262 g/mol. The summed E-state index contributed by atoms with van der Waals surface area (Å²) in [6.07, 6.45) is 0. The van der Waals surface area contributed by atoms with Gasteiger partial charge >= 0.3 is 0 Å². The number of rotatable bonds is 3. The zero-order valence-electron chi connectivity index (χ0n) is 11.2. The number of nitrogens with one attached hydrogen (secondary N) is 1. The third-order valence-electron chi connectivity index (χ3n) is 3.47. The minimum Gasteiger partial charge on any atom is -0.456 e. The van der Waals surface area contributed by atoms with Crippen molar-refractivity contribution in [2.75, 3.05) is 26.2 Å². The molecule has 6 nitrogen and oxygen atoms in total. The molecule has 19 heavy (non-hydrogen) atoms. The molecule has 102 valence electrons. The van der Waals surface area contributed by atoms with Crippen LogP contribution in [0.2, 0.25) is 0 Å². The summed E-state index contributed by atoms with van der Waals surface area (Å²) in [5.41, 5.74) is 0. The first-order valence-electron chi connectivity index (χ1n) is 6.59. The fourth-order valence-electron chi connectivity index (χ4n) is 2.29. The number of nitrogens with zero attached hydrogens (tertiary/aromatic N) is 3. The second kappa shape index (κ2) is 5.14. The summed E-state index contributed by atoms with van der Waals surface area (Å²) in [4.78, 5) is 6.78. The zero-order valence-corrected chi connectivity index (χ0v) is 11.2. The van der Waals surface area contributed by atoms with Crippen LogP contribution in [-0.2, 0) is 0 Å². The van der Waals surface area contributed by atoms with Gasteiger partial charge in [-0.3, -0.25) is 4.90 Å². The molecule has 1 aliphatic rings. The van der Waals surface area contributed by atoms with Crippen molar-refractivity contribution in [3.63, 3.8) is 0 Å². The van der Waals surface area contributed by atoms with Crippen LogP contribution in [0.3, 0.4) is 0 Å². The standard InChI is InChI=1S/C13H18N4O2/c1-9-3-4-11(18-9)13-15-12(16-19-13)10(2)17-7-5-14-6-8-17/h3-4,10,14H,5-8H2,1-2H3. The van der Waals surface area contributed by atoms with Crippen LogP contribution in [0, 0.1) is 6.92 Å². The smallest absolute Gasteiger partial charge is 0.293 e. The van der Waals surface area contributed by atoms with Crippen molar-refractivity contribution < 1.29 is 8.94 Å². The number of hydrogen-bond acceptors (Lipinski definition) is 6. The van der Waals surface area contributed by atoms with E-state index in [1.165, 1.54) is 0 Å². The van der Waals surface area contributed by atoms with Gasteiger partial charge in [0.1, 0.15) is 5.76 Å². The van der Waals surface area contributed by atoms with Gasteiger partial charge in [0.2, 0.25) is 0 Å². The van der Waals surface area contributed by atoms with Crippen LogP contribution in [0.1, 0.15) is 24.6 Å². The fourth-order valence-corrected chi connectivity index (χ4v) is 2.29. The van der Waals surface area contributed by atoms with E-state index in [0.29, 0.717) is 17.5 Å². The van der Waals surface area contributed by atoms with Crippen molar-refractivity contribution in [1.29, 1.82) is 0 Å². The van der Waals surface area contributed by atoms with E-state index in [1.807, 2.05) is 19.1 Å². The van der Waals surface area contributed by atoms with Crippen LogP contribution in [0.4, 0.5) is 0 Å². The van der Waals surface area contributed by atoms with E-state index in [-0.39, 0.29) is 6.04 Å². The van der Waals surface area contributed by atoms with Crippen molar-refractivity contribution in [1.82, 2.24) is 20.4 Å². The third kappa shape index (κ3) is 2.54. The highest BCUT2D eigenvalue weighted by molar-refractivity contribution is 5.44. The molecule has 3 heterocycles. The first kappa shape index (κ1) is 12.4. The average Bonchev–Trinajstić information content (AvgIpc) is 3.07. The highest BCUT2D eigenvalue weighted by Crippen LogP contribution is 2.23. The predicted octanol–water partition coefficient (Wildman–Crippen LogP) is 1.60. The minimum absolute atomic E-state index is 0.163. The molecule has 2 aromatic heterocycles. The zero-order chi connectivity index (χ0) is 13.2. The quantitative estimate of drug-likeness (QED) is 0.906. The first-order chi connectivity index (χ1) is 9.24. The largest absolute Gasteiger partial charge is 0.456 e. The van der Waals surface area contributed by atoms with Crippen molar-refractivity contribution in [2.24, 2.45) is 0 Å². The van der Waals surface area contributed by atoms with E-state index in [1.54, 1.807) is 0 Å². The molecular weight excluding hydrogens is 244 g/mol. The molecule has 0 aromatic carbocycles. The second-order valence-corrected chi connectivity index (χ2v) is 4.83. The van der Waals surface area contributed by atoms with Gasteiger partial charge in [0.05, 0.1) is 6.04 Å². The summed E-state index contributed by atoms with van der Waals surface area (Å²) in [5.74, 6) is 2.63. The van der Waals surface area contributed by atoms with E-state index < -0.39 is 0 Å². The van der Waals surface area contributed by atoms with Gasteiger partial charge in [-0.2, -0.15) is 4.98 Å². The number of aromatic nitrogens is 2. The molecule has 1 aliphatic heterocycles. The number of furan rings is 1. The summed E-state index contributed by atoms with van der Waals surface area (Å²) < 4.78 is 10.8. The van der Waals surface area contributed by atoms with Gasteiger partial charge in [0, 0.05) is 26.2 Å². The van der Waals surface area contributed by atoms with Gasteiger partial charge in [0.15, 0.2) is 11.6 Å². The maximum atomic E-state index is 5.49. The molecule has 3 rings (SSSR count). The molecule has 0 spiro atoms. The van der Waals surface area contributed by atoms with Gasteiger partial charge < -0.3 is 14.3 Å². The van der Waals surface area contributed by atoms with Gasteiger partial charge in [-0.25, -0.2) is 0 Å². The van der Waals surface area contributed by atoms with Crippen LogP contribution in [0.15, 0.2) is 21.1 Å². The van der Waals surface area contributed by atoms with Crippen molar-refractivity contribution in [2.45, 2.75) is 19.9 Å². The summed E-state index contributed by atoms with van der Waals surface area (Å²) in [6.45, 7) is 8.02. The molecule has 0 amide bonds. The van der Waals surface area contributed by atoms with Crippen molar-refractivity contribution in [3.8, 4) is 11.7 Å². The summed E-state index contributed by atoms with van der Waals surface area (Å²) >= 11 is 0. The van der Waals surface area contributed by atoms with Crippen LogP contribution in [0.5, 0.6) is 0 Å². The van der Waals surface area contributed by atoms with Crippen molar-refractivity contribution in [3.05, 3.63) is 23.7 Å². The Balaban J connectivity index is 1.76. The Hall–Kier alpha value is -1.66. The Labute approximate surface area is 111 Å². The van der Waals surface area contributed by atoms with Crippen LogP contribution in [-0.4, -0.2) is 41.2 Å². The van der Waals surface area contributed by atoms with Crippen LogP contribution >= 0.6 is 0 Å². The maximum absolute atomic E-state index is 5.49. The van der Waals surface area contributed by atoms with Gasteiger partial charge in [0.25, 0.3) is 5.89 Å². The Bertz CT molecular complexity index is 542. The lowest BCUT2D eigenvalue weighted by Crippen LogP contribution is -2.44. The first-order valence-corrected chi connectivity index (χ1v) is 6.59. The Morgan fingerprint density at radius 3 is 2.79 bits per heavy atom. The number of aryl methyl sites for hydroxylation is 1. The number of piperazine rings is 1. The molecule has 1 atom stereocenters. The normalized spacial score (nSPS) is 18.6. The molecule has 1 N–H and O–H groups in total. The van der Waals surface area contributed by atoms with Gasteiger partial charge in [-0.15, -0.1) is 0 Å². The van der Waals surface area contributed by atoms with Crippen LogP contribution in [0.25, 0.3) is 11.7 Å². The van der Waals surface area contributed by atoms with E-state index in [0.717, 1.165) is 31.9 Å². The fraction of sp³-hybridized carbons (Fsp3) is 0.538. The van der Waals surface area contributed by atoms with E-state index >= 15 is 0 Å². The SMILES string of the molecule is Cc1ccc(-c2nc(C(C)N3CCNCC3)no2)o1. The molecular formula is C13H18N4O2. The Kier molecular flexibility index (Phi) is 3.35. The molecule has 1 unspecified atom stereocenters. The monoisotopic (exact) mass is 262 g/mol. The molecule has 6 heteroatoms. The molecule has 0 aliphatic carbocycles. The Morgan fingerprint density at radius 2 is 2.11 bits per heavy atom. The lowest BCUT2D eigenvalue weighted by atomic mass is 10.2. The molecule has 0 saturated carbocycles.